The van der Waals surface area contributed by atoms with E-state index in [1.165, 1.54) is 12.1 Å². The van der Waals surface area contributed by atoms with Gasteiger partial charge in [0.05, 0.1) is 11.7 Å². The first-order chi connectivity index (χ1) is 12.4. The van der Waals surface area contributed by atoms with E-state index in [1.807, 2.05) is 13.8 Å². The average molecular weight is 372 g/mol. The van der Waals surface area contributed by atoms with Crippen LogP contribution in [0.4, 0.5) is 5.69 Å². The van der Waals surface area contributed by atoms with Gasteiger partial charge in [-0.05, 0) is 62.0 Å². The molecule has 3 N–H and O–H groups in total. The van der Waals surface area contributed by atoms with Crippen molar-refractivity contribution in [2.75, 3.05) is 5.32 Å². The Labute approximate surface area is 157 Å². The molecule has 2 aromatic carbocycles. The second kappa shape index (κ2) is 8.96. The summed E-state index contributed by atoms with van der Waals surface area (Å²) in [7, 11) is 0. The van der Waals surface area contributed by atoms with Crippen molar-refractivity contribution in [2.24, 2.45) is 0 Å². The lowest BCUT2D eigenvalue weighted by molar-refractivity contribution is 0.0696. The fourth-order valence-corrected chi connectivity index (χ4v) is 2.30. The molecular formula is C19H20N2O4S. The van der Waals surface area contributed by atoms with Crippen molar-refractivity contribution >= 4 is 34.9 Å². The number of ether oxygens (including phenoxy) is 1. The number of benzene rings is 2. The molecule has 136 valence electrons. The van der Waals surface area contributed by atoms with Crippen LogP contribution in [-0.4, -0.2) is 28.2 Å². The number of carbonyl (C=O) groups excluding carboxylic acids is 1. The first-order valence-electron chi connectivity index (χ1n) is 8.11. The van der Waals surface area contributed by atoms with Gasteiger partial charge in [0.1, 0.15) is 5.75 Å². The summed E-state index contributed by atoms with van der Waals surface area (Å²) in [5, 5.41) is 14.4. The van der Waals surface area contributed by atoms with E-state index >= 15 is 0 Å². The number of rotatable bonds is 6. The van der Waals surface area contributed by atoms with Gasteiger partial charge in [-0.1, -0.05) is 19.1 Å². The summed E-state index contributed by atoms with van der Waals surface area (Å²) in [4.78, 5) is 23.3. The van der Waals surface area contributed by atoms with Gasteiger partial charge in [-0.15, -0.1) is 0 Å². The molecule has 0 saturated heterocycles. The second-order valence-corrected chi connectivity index (χ2v) is 6.07. The van der Waals surface area contributed by atoms with Gasteiger partial charge in [-0.25, -0.2) is 4.79 Å². The minimum Gasteiger partial charge on any atom is -0.491 e. The Kier molecular flexibility index (Phi) is 6.68. The molecule has 0 radical (unpaired) electrons. The Balaban J connectivity index is 2.01. The summed E-state index contributed by atoms with van der Waals surface area (Å²) >= 11 is 5.12. The molecule has 0 spiro atoms. The maximum Gasteiger partial charge on any atom is 0.335 e. The highest BCUT2D eigenvalue weighted by Crippen LogP contribution is 2.16. The van der Waals surface area contributed by atoms with E-state index in [0.29, 0.717) is 17.0 Å². The number of aromatic carboxylic acids is 1. The SMILES string of the molecule is CCC(C)Oc1cccc(C(=O)NC(=S)Nc2cccc(C(=O)O)c2)c1. The predicted octanol–water partition coefficient (Wildman–Crippen LogP) is 3.69. The number of nitrogens with one attached hydrogen (secondary N) is 2. The van der Waals surface area contributed by atoms with Crippen LogP contribution < -0.4 is 15.4 Å². The molecule has 1 unspecified atom stereocenters. The summed E-state index contributed by atoms with van der Waals surface area (Å²) in [5.74, 6) is -0.812. The molecule has 0 aliphatic rings. The van der Waals surface area contributed by atoms with Crippen molar-refractivity contribution in [3.05, 3.63) is 59.7 Å². The van der Waals surface area contributed by atoms with Crippen LogP contribution in [0.2, 0.25) is 0 Å². The molecule has 0 saturated carbocycles. The third-order valence-corrected chi connectivity index (χ3v) is 3.81. The van der Waals surface area contributed by atoms with Gasteiger partial charge >= 0.3 is 5.97 Å². The Morgan fingerprint density at radius 2 is 1.85 bits per heavy atom. The highest BCUT2D eigenvalue weighted by molar-refractivity contribution is 7.80. The van der Waals surface area contributed by atoms with Crippen molar-refractivity contribution in [3.8, 4) is 5.75 Å². The Morgan fingerprint density at radius 1 is 1.15 bits per heavy atom. The zero-order valence-electron chi connectivity index (χ0n) is 14.5. The average Bonchev–Trinajstić information content (AvgIpc) is 2.61. The zero-order chi connectivity index (χ0) is 19.1. The smallest absolute Gasteiger partial charge is 0.335 e. The molecule has 0 aromatic heterocycles. The maximum atomic E-state index is 12.3. The number of carbonyl (C=O) groups is 2. The van der Waals surface area contributed by atoms with E-state index in [9.17, 15) is 9.59 Å². The molecule has 0 bridgehead atoms. The first kappa shape index (κ1) is 19.4. The van der Waals surface area contributed by atoms with Crippen LogP contribution in [0.1, 0.15) is 41.0 Å². The molecule has 26 heavy (non-hydrogen) atoms. The molecule has 0 aliphatic carbocycles. The lowest BCUT2D eigenvalue weighted by atomic mass is 10.2. The Morgan fingerprint density at radius 3 is 2.54 bits per heavy atom. The zero-order valence-corrected chi connectivity index (χ0v) is 15.3. The van der Waals surface area contributed by atoms with E-state index < -0.39 is 5.97 Å². The van der Waals surface area contributed by atoms with Crippen LogP contribution in [0.15, 0.2) is 48.5 Å². The summed E-state index contributed by atoms with van der Waals surface area (Å²) in [6, 6.07) is 13.0. The van der Waals surface area contributed by atoms with E-state index in [-0.39, 0.29) is 22.7 Å². The number of thiocarbonyl (C=S) groups is 1. The summed E-state index contributed by atoms with van der Waals surface area (Å²) in [5.41, 5.74) is 1.01. The molecule has 2 rings (SSSR count). The van der Waals surface area contributed by atoms with Crippen molar-refractivity contribution in [3.63, 3.8) is 0 Å². The molecule has 7 heteroatoms. The fourth-order valence-electron chi connectivity index (χ4n) is 2.09. The first-order valence-corrected chi connectivity index (χ1v) is 8.52. The van der Waals surface area contributed by atoms with Gasteiger partial charge in [0.15, 0.2) is 5.11 Å². The fraction of sp³-hybridized carbons (Fsp3) is 0.211. The number of anilines is 1. The number of amides is 1. The van der Waals surface area contributed by atoms with E-state index in [0.717, 1.165) is 6.42 Å². The molecule has 0 fully saturated rings. The van der Waals surface area contributed by atoms with Gasteiger partial charge in [0, 0.05) is 11.3 Å². The van der Waals surface area contributed by atoms with Gasteiger partial charge < -0.3 is 15.2 Å². The van der Waals surface area contributed by atoms with Crippen LogP contribution >= 0.6 is 12.2 Å². The normalized spacial score (nSPS) is 11.3. The Bertz CT molecular complexity index is 823. The van der Waals surface area contributed by atoms with Crippen LogP contribution in [0, 0.1) is 0 Å². The van der Waals surface area contributed by atoms with Crippen molar-refractivity contribution in [2.45, 2.75) is 26.4 Å². The third kappa shape index (κ3) is 5.56. The summed E-state index contributed by atoms with van der Waals surface area (Å²) < 4.78 is 5.71. The monoisotopic (exact) mass is 372 g/mol. The van der Waals surface area contributed by atoms with E-state index in [4.69, 9.17) is 22.1 Å². The predicted molar refractivity (Wildman–Crippen MR) is 104 cm³/mol. The quantitative estimate of drug-likeness (QED) is 0.671. The second-order valence-electron chi connectivity index (χ2n) is 5.66. The number of carboxylic acids is 1. The van der Waals surface area contributed by atoms with Crippen molar-refractivity contribution in [1.82, 2.24) is 5.32 Å². The standard InChI is InChI=1S/C19H20N2O4S/c1-3-12(2)25-16-9-5-6-13(11-16)17(22)21-19(26)20-15-8-4-7-14(10-15)18(23)24/h4-12H,3H2,1-2H3,(H,23,24)(H2,20,21,22,26). The minimum absolute atomic E-state index is 0.0533. The molecule has 0 aliphatic heterocycles. The van der Waals surface area contributed by atoms with Gasteiger partial charge in [0.2, 0.25) is 0 Å². The van der Waals surface area contributed by atoms with Gasteiger partial charge in [-0.2, -0.15) is 0 Å². The molecule has 6 nitrogen and oxygen atoms in total. The van der Waals surface area contributed by atoms with E-state index in [1.54, 1.807) is 36.4 Å². The van der Waals surface area contributed by atoms with Crippen LogP contribution in [0.25, 0.3) is 0 Å². The molecule has 2 aromatic rings. The minimum atomic E-state index is -1.04. The maximum absolute atomic E-state index is 12.3. The highest BCUT2D eigenvalue weighted by Gasteiger charge is 2.11. The molecular weight excluding hydrogens is 352 g/mol. The number of hydrogen-bond donors (Lipinski definition) is 3. The molecule has 1 amide bonds. The van der Waals surface area contributed by atoms with Crippen molar-refractivity contribution in [1.29, 1.82) is 0 Å². The lowest BCUT2D eigenvalue weighted by Crippen LogP contribution is -2.34. The molecule has 0 heterocycles. The van der Waals surface area contributed by atoms with Gasteiger partial charge in [-0.3, -0.25) is 10.1 Å². The third-order valence-electron chi connectivity index (χ3n) is 3.60. The topological polar surface area (TPSA) is 87.7 Å². The summed E-state index contributed by atoms with van der Waals surface area (Å²) in [6.07, 6.45) is 0.914. The number of hydrogen-bond acceptors (Lipinski definition) is 4. The largest absolute Gasteiger partial charge is 0.491 e. The van der Waals surface area contributed by atoms with Gasteiger partial charge in [0.25, 0.3) is 5.91 Å². The number of carboxylic acid groups (broad SMARTS) is 1. The van der Waals surface area contributed by atoms with Crippen LogP contribution in [0.5, 0.6) is 5.75 Å². The van der Waals surface area contributed by atoms with Crippen LogP contribution in [-0.2, 0) is 0 Å². The summed E-state index contributed by atoms with van der Waals surface area (Å²) in [6.45, 7) is 3.97. The molecule has 1 atom stereocenters. The van der Waals surface area contributed by atoms with Crippen LogP contribution in [0.3, 0.4) is 0 Å². The highest BCUT2D eigenvalue weighted by atomic mass is 32.1. The lowest BCUT2D eigenvalue weighted by Gasteiger charge is -2.14. The van der Waals surface area contributed by atoms with Crippen molar-refractivity contribution < 1.29 is 19.4 Å². The van der Waals surface area contributed by atoms with E-state index in [2.05, 4.69) is 10.6 Å². The Hall–Kier alpha value is -2.93.